The molecule has 2 aromatic carbocycles. The molecule has 0 aliphatic carbocycles. The van der Waals surface area contributed by atoms with Gasteiger partial charge in [0.25, 0.3) is 5.69 Å². The summed E-state index contributed by atoms with van der Waals surface area (Å²) in [6, 6.07) is 13.5. The predicted molar refractivity (Wildman–Crippen MR) is 119 cm³/mol. The number of ether oxygens (including phenoxy) is 1. The van der Waals surface area contributed by atoms with Crippen LogP contribution in [0.15, 0.2) is 48.5 Å². The van der Waals surface area contributed by atoms with E-state index in [1.165, 1.54) is 19.2 Å². The van der Waals surface area contributed by atoms with Gasteiger partial charge in [-0.25, -0.2) is 8.42 Å². The fourth-order valence-electron chi connectivity index (χ4n) is 3.09. The molecule has 1 amide bonds. The normalized spacial score (nSPS) is 12.1. The first kappa shape index (κ1) is 24.1. The van der Waals surface area contributed by atoms with Crippen molar-refractivity contribution in [1.29, 1.82) is 0 Å². The molecule has 0 aliphatic heterocycles. The second kappa shape index (κ2) is 10.8. The molecule has 31 heavy (non-hydrogen) atoms. The van der Waals surface area contributed by atoms with E-state index in [-0.39, 0.29) is 48.3 Å². The van der Waals surface area contributed by atoms with Crippen LogP contribution in [0.5, 0.6) is 5.75 Å². The van der Waals surface area contributed by atoms with Crippen LogP contribution in [0.4, 0.5) is 11.4 Å². The third kappa shape index (κ3) is 6.95. The molecule has 1 atom stereocenters. The average Bonchev–Trinajstić information content (AvgIpc) is 2.74. The minimum atomic E-state index is -3.75. The van der Waals surface area contributed by atoms with E-state index in [4.69, 9.17) is 4.74 Å². The summed E-state index contributed by atoms with van der Waals surface area (Å²) in [6.07, 6.45) is 1.36. The van der Waals surface area contributed by atoms with Crippen molar-refractivity contribution < 1.29 is 22.9 Å². The van der Waals surface area contributed by atoms with Gasteiger partial charge < -0.3 is 10.1 Å². The number of non-ortho nitro benzene ring substituents is 1. The third-order valence-electron chi connectivity index (χ3n) is 4.78. The first-order chi connectivity index (χ1) is 14.6. The number of rotatable bonds is 11. The molecule has 2 aromatic rings. The number of sulfonamides is 1. The molecule has 10 heteroatoms. The monoisotopic (exact) mass is 449 g/mol. The van der Waals surface area contributed by atoms with Crippen LogP contribution in [0.2, 0.25) is 0 Å². The molecule has 0 radical (unpaired) electrons. The van der Waals surface area contributed by atoms with Crippen LogP contribution in [0.3, 0.4) is 0 Å². The molecule has 0 aliphatic rings. The van der Waals surface area contributed by atoms with Gasteiger partial charge in [-0.3, -0.25) is 19.2 Å². The standard InChI is InChI=1S/C21H27N3O6S/c1-16(17-8-5-4-6-9-17)15-22-21(25)10-7-13-23(31(3,28)29)19-14-18(24(26)27)11-12-20(19)30-2/h4-6,8-9,11-12,14,16H,7,10,13,15H2,1-3H3,(H,22,25)/t16-/m0/s1. The number of amides is 1. The molecule has 2 rings (SSSR count). The highest BCUT2D eigenvalue weighted by atomic mass is 32.2. The van der Waals surface area contributed by atoms with Crippen molar-refractivity contribution >= 4 is 27.3 Å². The van der Waals surface area contributed by atoms with Gasteiger partial charge in [-0.1, -0.05) is 37.3 Å². The SMILES string of the molecule is COc1ccc([N+](=O)[O-])cc1N(CCCC(=O)NC[C@H](C)c1ccccc1)S(C)(=O)=O. The summed E-state index contributed by atoms with van der Waals surface area (Å²) >= 11 is 0. The zero-order chi connectivity index (χ0) is 23.0. The first-order valence-electron chi connectivity index (χ1n) is 9.75. The largest absolute Gasteiger partial charge is 0.495 e. The fourth-order valence-corrected chi connectivity index (χ4v) is 4.05. The molecule has 168 valence electrons. The van der Waals surface area contributed by atoms with E-state index >= 15 is 0 Å². The van der Waals surface area contributed by atoms with Crippen molar-refractivity contribution in [2.24, 2.45) is 0 Å². The number of hydrogen-bond donors (Lipinski definition) is 1. The van der Waals surface area contributed by atoms with Crippen molar-refractivity contribution in [1.82, 2.24) is 5.32 Å². The topological polar surface area (TPSA) is 119 Å². The van der Waals surface area contributed by atoms with Gasteiger partial charge in [0, 0.05) is 31.6 Å². The van der Waals surface area contributed by atoms with Crippen LogP contribution in [0.1, 0.15) is 31.2 Å². The lowest BCUT2D eigenvalue weighted by molar-refractivity contribution is -0.384. The molecular formula is C21H27N3O6S. The second-order valence-corrected chi connectivity index (χ2v) is 9.07. The molecule has 9 nitrogen and oxygen atoms in total. The first-order valence-corrected chi connectivity index (χ1v) is 11.6. The Kier molecular flexibility index (Phi) is 8.38. The number of nitro benzene ring substituents is 1. The summed E-state index contributed by atoms with van der Waals surface area (Å²) in [7, 11) is -2.40. The zero-order valence-corrected chi connectivity index (χ0v) is 18.6. The molecule has 0 aromatic heterocycles. The van der Waals surface area contributed by atoms with Gasteiger partial charge in [-0.2, -0.15) is 0 Å². The lowest BCUT2D eigenvalue weighted by Gasteiger charge is -2.24. The third-order valence-corrected chi connectivity index (χ3v) is 5.96. The molecule has 1 N–H and O–H groups in total. The van der Waals surface area contributed by atoms with Gasteiger partial charge in [0.1, 0.15) is 11.4 Å². The van der Waals surface area contributed by atoms with E-state index in [2.05, 4.69) is 5.32 Å². The van der Waals surface area contributed by atoms with Crippen molar-refractivity contribution in [3.05, 3.63) is 64.2 Å². The number of methoxy groups -OCH3 is 1. The summed E-state index contributed by atoms with van der Waals surface area (Å²) in [5.74, 6) is 0.145. The number of nitrogens with zero attached hydrogens (tertiary/aromatic N) is 2. The number of nitrogens with one attached hydrogen (secondary N) is 1. The van der Waals surface area contributed by atoms with Crippen molar-refractivity contribution in [2.75, 3.05) is 30.8 Å². The smallest absolute Gasteiger partial charge is 0.271 e. The minimum absolute atomic E-state index is 0.0159. The van der Waals surface area contributed by atoms with Gasteiger partial charge in [0.15, 0.2) is 0 Å². The quantitative estimate of drug-likeness (QED) is 0.416. The van der Waals surface area contributed by atoms with Crippen molar-refractivity contribution in [3.63, 3.8) is 0 Å². The highest BCUT2D eigenvalue weighted by molar-refractivity contribution is 7.92. The maximum Gasteiger partial charge on any atom is 0.271 e. The van der Waals surface area contributed by atoms with Crippen LogP contribution in [0, 0.1) is 10.1 Å². The molecular weight excluding hydrogens is 422 g/mol. The van der Waals surface area contributed by atoms with Gasteiger partial charge in [0.2, 0.25) is 15.9 Å². The van der Waals surface area contributed by atoms with Crippen molar-refractivity contribution in [2.45, 2.75) is 25.7 Å². The molecule has 0 unspecified atom stereocenters. The molecule has 0 bridgehead atoms. The summed E-state index contributed by atoms with van der Waals surface area (Å²) in [5, 5.41) is 14.0. The van der Waals surface area contributed by atoms with E-state index in [0.717, 1.165) is 22.2 Å². The second-order valence-electron chi connectivity index (χ2n) is 7.17. The Morgan fingerprint density at radius 1 is 1.23 bits per heavy atom. The number of carbonyl (C=O) groups excluding carboxylic acids is 1. The number of hydrogen-bond acceptors (Lipinski definition) is 6. The van der Waals surface area contributed by atoms with Crippen LogP contribution in [-0.4, -0.2) is 45.7 Å². The fraction of sp³-hybridized carbons (Fsp3) is 0.381. The van der Waals surface area contributed by atoms with Gasteiger partial charge >= 0.3 is 0 Å². The highest BCUT2D eigenvalue weighted by Gasteiger charge is 2.24. The lowest BCUT2D eigenvalue weighted by atomic mass is 10.0. The maximum absolute atomic E-state index is 12.3. The lowest BCUT2D eigenvalue weighted by Crippen LogP contribution is -2.33. The predicted octanol–water partition coefficient (Wildman–Crippen LogP) is 3.07. The van der Waals surface area contributed by atoms with Crippen LogP contribution in [-0.2, 0) is 14.8 Å². The maximum atomic E-state index is 12.3. The number of carbonyl (C=O) groups is 1. The summed E-state index contributed by atoms with van der Waals surface area (Å²) in [4.78, 5) is 22.7. The Morgan fingerprint density at radius 2 is 1.90 bits per heavy atom. The van der Waals surface area contributed by atoms with E-state index in [1.807, 2.05) is 37.3 Å². The zero-order valence-electron chi connectivity index (χ0n) is 17.8. The van der Waals surface area contributed by atoms with Gasteiger partial charge in [-0.15, -0.1) is 0 Å². The number of nitro groups is 1. The van der Waals surface area contributed by atoms with E-state index in [9.17, 15) is 23.3 Å². The number of anilines is 1. The Morgan fingerprint density at radius 3 is 2.48 bits per heavy atom. The van der Waals surface area contributed by atoms with E-state index in [1.54, 1.807) is 0 Å². The van der Waals surface area contributed by atoms with Crippen molar-refractivity contribution in [3.8, 4) is 5.75 Å². The molecule has 0 fully saturated rings. The van der Waals surface area contributed by atoms with Crippen LogP contribution in [0.25, 0.3) is 0 Å². The Balaban J connectivity index is 2.01. The summed E-state index contributed by atoms with van der Waals surface area (Å²) < 4.78 is 30.9. The highest BCUT2D eigenvalue weighted by Crippen LogP contribution is 2.33. The van der Waals surface area contributed by atoms with Gasteiger partial charge in [-0.05, 0) is 24.0 Å². The van der Waals surface area contributed by atoms with Crippen LogP contribution < -0.4 is 14.4 Å². The Hall–Kier alpha value is -3.14. The molecule has 0 spiro atoms. The average molecular weight is 450 g/mol. The summed E-state index contributed by atoms with van der Waals surface area (Å²) in [5.41, 5.74) is 0.929. The molecule has 0 saturated heterocycles. The molecule has 0 saturated carbocycles. The molecule has 0 heterocycles. The Bertz CT molecular complexity index is 1010. The van der Waals surface area contributed by atoms with Crippen LogP contribution >= 0.6 is 0 Å². The summed E-state index contributed by atoms with van der Waals surface area (Å²) in [6.45, 7) is 2.46. The van der Waals surface area contributed by atoms with E-state index in [0.29, 0.717) is 6.54 Å². The Labute approximate surface area is 182 Å². The van der Waals surface area contributed by atoms with E-state index < -0.39 is 14.9 Å². The minimum Gasteiger partial charge on any atom is -0.495 e. The number of benzene rings is 2. The van der Waals surface area contributed by atoms with Gasteiger partial charge in [0.05, 0.1) is 18.3 Å².